The summed E-state index contributed by atoms with van der Waals surface area (Å²) in [5, 5.41) is 12.3. The lowest BCUT2D eigenvalue weighted by atomic mass is 10.0. The second-order valence-electron chi connectivity index (χ2n) is 9.29. The number of fused-ring (bicyclic) bond motifs is 1. The van der Waals surface area contributed by atoms with E-state index in [1.165, 1.54) is 17.4 Å². The van der Waals surface area contributed by atoms with Crippen molar-refractivity contribution in [2.75, 3.05) is 37.7 Å². The van der Waals surface area contributed by atoms with Crippen LogP contribution in [0.2, 0.25) is 0 Å². The van der Waals surface area contributed by atoms with Crippen LogP contribution in [-0.4, -0.2) is 65.9 Å². The van der Waals surface area contributed by atoms with Gasteiger partial charge in [0.1, 0.15) is 6.61 Å². The number of alkyl carbamates (subject to hydrolysis) is 1. The molecule has 2 heterocycles. The first kappa shape index (κ1) is 27.6. The van der Waals surface area contributed by atoms with Crippen molar-refractivity contribution in [3.05, 3.63) is 58.7 Å². The van der Waals surface area contributed by atoms with Gasteiger partial charge < -0.3 is 20.1 Å². The lowest BCUT2D eigenvalue weighted by molar-refractivity contribution is -0.138. The Morgan fingerprint density at radius 1 is 1.18 bits per heavy atom. The van der Waals surface area contributed by atoms with Gasteiger partial charge in [-0.2, -0.15) is 13.2 Å². The Kier molecular flexibility index (Phi) is 8.41. The third-order valence-electron chi connectivity index (χ3n) is 6.20. The number of piperazine rings is 1. The summed E-state index contributed by atoms with van der Waals surface area (Å²) in [6.45, 7) is 6.47. The second-order valence-corrected chi connectivity index (χ2v) is 10.3. The number of benzene rings is 2. The highest BCUT2D eigenvalue weighted by Gasteiger charge is 2.33. The predicted molar refractivity (Wildman–Crippen MR) is 139 cm³/mol. The molecule has 0 spiro atoms. The number of ether oxygens (including phenoxy) is 1. The van der Waals surface area contributed by atoms with Crippen LogP contribution in [0.3, 0.4) is 0 Å². The summed E-state index contributed by atoms with van der Waals surface area (Å²) >= 11 is 1.18. The number of alkyl halides is 3. The first-order valence-electron chi connectivity index (χ1n) is 12.2. The zero-order chi connectivity index (χ0) is 27.4. The molecule has 0 bridgehead atoms. The van der Waals surface area contributed by atoms with Crippen molar-refractivity contribution < 1.29 is 32.6 Å². The van der Waals surface area contributed by atoms with E-state index in [1.54, 1.807) is 6.92 Å². The third-order valence-corrected chi connectivity index (χ3v) is 7.26. The average Bonchev–Trinajstić information content (AvgIpc) is 3.25. The molecule has 1 aliphatic rings. The summed E-state index contributed by atoms with van der Waals surface area (Å²) in [5.41, 5.74) is 2.45. The Morgan fingerprint density at radius 3 is 2.66 bits per heavy atom. The van der Waals surface area contributed by atoms with Crippen LogP contribution in [-0.2, 0) is 28.7 Å². The summed E-state index contributed by atoms with van der Waals surface area (Å²) in [6, 6.07) is 9.00. The van der Waals surface area contributed by atoms with Crippen molar-refractivity contribution in [1.82, 2.24) is 15.2 Å². The van der Waals surface area contributed by atoms with Crippen LogP contribution in [0, 0.1) is 6.92 Å². The van der Waals surface area contributed by atoms with Gasteiger partial charge in [0.25, 0.3) is 0 Å². The number of carboxylic acid groups (broad SMARTS) is 1. The molecule has 2 aromatic carbocycles. The number of aliphatic carboxylic acids is 1. The zero-order valence-electron chi connectivity index (χ0n) is 21.0. The highest BCUT2D eigenvalue weighted by Crippen LogP contribution is 2.36. The van der Waals surface area contributed by atoms with Crippen molar-refractivity contribution >= 4 is 38.7 Å². The predicted octanol–water partition coefficient (Wildman–Crippen LogP) is 4.69. The molecule has 3 aromatic rings. The molecule has 1 amide bonds. The number of hydrogen-bond acceptors (Lipinski definition) is 7. The lowest BCUT2D eigenvalue weighted by Gasteiger charge is -2.41. The van der Waals surface area contributed by atoms with Crippen molar-refractivity contribution in [3.63, 3.8) is 0 Å². The van der Waals surface area contributed by atoms with Crippen molar-refractivity contribution in [1.29, 1.82) is 0 Å². The van der Waals surface area contributed by atoms with E-state index in [4.69, 9.17) is 9.84 Å². The molecule has 204 valence electrons. The van der Waals surface area contributed by atoms with Crippen LogP contribution in [0.15, 0.2) is 36.4 Å². The Labute approximate surface area is 222 Å². The molecule has 38 heavy (non-hydrogen) atoms. The Hall–Kier alpha value is -3.38. The minimum atomic E-state index is -4.44. The quantitative estimate of drug-likeness (QED) is 0.420. The molecule has 2 N–H and O–H groups in total. The SMILES string of the molecule is CCNC(=O)OC[C@@H]1CN(Cc2cc(C)cc(CC(=O)O)c2)CCN1c1nc2ccc(C(F)(F)F)cc2s1. The molecule has 1 aliphatic heterocycles. The Bertz CT molecular complexity index is 1310. The van der Waals surface area contributed by atoms with E-state index in [2.05, 4.69) is 15.2 Å². The van der Waals surface area contributed by atoms with Crippen LogP contribution in [0.25, 0.3) is 10.2 Å². The number of hydrogen-bond donors (Lipinski definition) is 2. The number of rotatable bonds is 8. The number of amides is 1. The molecule has 1 saturated heterocycles. The van der Waals surface area contributed by atoms with Gasteiger partial charge in [0.2, 0.25) is 0 Å². The average molecular weight is 551 g/mol. The summed E-state index contributed by atoms with van der Waals surface area (Å²) in [6.07, 6.45) is -5.03. The van der Waals surface area contributed by atoms with E-state index in [0.29, 0.717) is 48.1 Å². The van der Waals surface area contributed by atoms with Gasteiger partial charge in [-0.05, 0) is 43.2 Å². The maximum atomic E-state index is 13.2. The van der Waals surface area contributed by atoms with Crippen LogP contribution in [0.5, 0.6) is 0 Å². The van der Waals surface area contributed by atoms with E-state index in [0.717, 1.165) is 28.8 Å². The molecule has 1 aromatic heterocycles. The van der Waals surface area contributed by atoms with Gasteiger partial charge in [0.05, 0.1) is 28.2 Å². The summed E-state index contributed by atoms with van der Waals surface area (Å²) < 4.78 is 45.5. The summed E-state index contributed by atoms with van der Waals surface area (Å²) in [4.78, 5) is 31.9. The highest BCUT2D eigenvalue weighted by molar-refractivity contribution is 7.22. The smallest absolute Gasteiger partial charge is 0.416 e. The number of aryl methyl sites for hydroxylation is 1. The minimum Gasteiger partial charge on any atom is -0.481 e. The van der Waals surface area contributed by atoms with Crippen molar-refractivity contribution in [2.45, 2.75) is 39.0 Å². The number of carbonyl (C=O) groups is 2. The van der Waals surface area contributed by atoms with E-state index in [-0.39, 0.29) is 19.1 Å². The number of nitrogens with zero attached hydrogens (tertiary/aromatic N) is 3. The molecular formula is C26H29F3N4O4S. The van der Waals surface area contributed by atoms with Gasteiger partial charge in [0, 0.05) is 32.7 Å². The fourth-order valence-corrected chi connectivity index (χ4v) is 5.71. The number of halogens is 3. The lowest BCUT2D eigenvalue weighted by Crippen LogP contribution is -2.55. The monoisotopic (exact) mass is 550 g/mol. The first-order chi connectivity index (χ1) is 18.0. The number of aromatic nitrogens is 1. The van der Waals surface area contributed by atoms with Crippen molar-refractivity contribution in [2.24, 2.45) is 0 Å². The zero-order valence-corrected chi connectivity index (χ0v) is 21.9. The fraction of sp³-hybridized carbons (Fsp3) is 0.423. The van der Waals surface area contributed by atoms with E-state index in [9.17, 15) is 22.8 Å². The number of nitrogens with one attached hydrogen (secondary N) is 1. The topological polar surface area (TPSA) is 95.0 Å². The Morgan fingerprint density at radius 2 is 1.95 bits per heavy atom. The highest BCUT2D eigenvalue weighted by atomic mass is 32.1. The molecule has 0 aliphatic carbocycles. The molecule has 12 heteroatoms. The standard InChI is InChI=1S/C26H29F3N4O4S/c1-3-30-25(36)37-15-20-14-32(13-18-9-16(2)8-17(10-18)11-23(34)35)6-7-33(20)24-31-21-5-4-19(26(27,28)29)12-22(21)38-24/h4-5,8-10,12,20H,3,6-7,11,13-15H2,1-2H3,(H,30,36)(H,34,35)/t20-/m0/s1. The fourth-order valence-electron chi connectivity index (χ4n) is 4.61. The van der Waals surface area contributed by atoms with Gasteiger partial charge >= 0.3 is 18.2 Å². The second kappa shape index (κ2) is 11.6. The molecule has 0 radical (unpaired) electrons. The van der Waals surface area contributed by atoms with Crippen LogP contribution in [0.4, 0.5) is 23.1 Å². The normalized spacial score (nSPS) is 16.6. The van der Waals surface area contributed by atoms with Crippen molar-refractivity contribution in [3.8, 4) is 0 Å². The number of anilines is 1. The molecule has 4 rings (SSSR count). The van der Waals surface area contributed by atoms with Gasteiger partial charge in [0.15, 0.2) is 5.13 Å². The molecule has 1 fully saturated rings. The summed E-state index contributed by atoms with van der Waals surface area (Å²) in [5.74, 6) is -0.893. The maximum absolute atomic E-state index is 13.2. The maximum Gasteiger partial charge on any atom is 0.416 e. The number of carboxylic acids is 1. The third kappa shape index (κ3) is 6.93. The summed E-state index contributed by atoms with van der Waals surface area (Å²) in [7, 11) is 0. The van der Waals surface area contributed by atoms with E-state index in [1.807, 2.05) is 30.0 Å². The van der Waals surface area contributed by atoms with Gasteiger partial charge in [-0.25, -0.2) is 9.78 Å². The van der Waals surface area contributed by atoms with Crippen LogP contribution >= 0.6 is 11.3 Å². The largest absolute Gasteiger partial charge is 0.481 e. The first-order valence-corrected chi connectivity index (χ1v) is 13.0. The number of thiazole rings is 1. The van der Waals surface area contributed by atoms with Gasteiger partial charge in [-0.15, -0.1) is 0 Å². The number of carbonyl (C=O) groups excluding carboxylic acids is 1. The molecule has 8 nitrogen and oxygen atoms in total. The molecule has 1 atom stereocenters. The van der Waals surface area contributed by atoms with Crippen LogP contribution < -0.4 is 10.2 Å². The van der Waals surface area contributed by atoms with Crippen LogP contribution in [0.1, 0.15) is 29.2 Å². The van der Waals surface area contributed by atoms with Gasteiger partial charge in [-0.3, -0.25) is 9.69 Å². The Balaban J connectivity index is 1.55. The molecule has 0 saturated carbocycles. The molecule has 0 unspecified atom stereocenters. The van der Waals surface area contributed by atoms with E-state index < -0.39 is 23.8 Å². The van der Waals surface area contributed by atoms with Gasteiger partial charge in [-0.1, -0.05) is 35.1 Å². The van der Waals surface area contributed by atoms with E-state index >= 15 is 0 Å². The molecular weight excluding hydrogens is 521 g/mol. The minimum absolute atomic E-state index is 0.0564.